The molecule has 3 rings (SSSR count). The van der Waals surface area contributed by atoms with Gasteiger partial charge < -0.3 is 15.7 Å². The van der Waals surface area contributed by atoms with Crippen LogP contribution in [0.3, 0.4) is 0 Å². The highest BCUT2D eigenvalue weighted by molar-refractivity contribution is 9.10. The number of carboxylic acids is 1. The fraction of sp³-hybridized carbons (Fsp3) is 0.333. The Morgan fingerprint density at radius 2 is 1.84 bits per heavy atom. The number of nitrogens with one attached hydrogen (secondary N) is 3. The molecule has 0 bridgehead atoms. The van der Waals surface area contributed by atoms with E-state index in [0.717, 1.165) is 4.47 Å². The van der Waals surface area contributed by atoms with E-state index >= 15 is 0 Å². The molecule has 0 spiro atoms. The number of carbonyl (C=O) groups excluding carboxylic acids is 3. The van der Waals surface area contributed by atoms with Crippen LogP contribution in [0.5, 0.6) is 0 Å². The van der Waals surface area contributed by atoms with Crippen molar-refractivity contribution in [3.63, 3.8) is 0 Å². The van der Waals surface area contributed by atoms with Crippen LogP contribution in [-0.4, -0.2) is 39.6 Å². The molecule has 1 heterocycles. The van der Waals surface area contributed by atoms with Crippen molar-refractivity contribution in [2.24, 2.45) is 11.3 Å². The Bertz CT molecular complexity index is 976. The Hall–Kier alpha value is -3.14. The maximum absolute atomic E-state index is 12.9. The van der Waals surface area contributed by atoms with E-state index in [1.807, 2.05) is 0 Å². The largest absolute Gasteiger partial charge is 0.481 e. The number of hydrazine groups is 1. The summed E-state index contributed by atoms with van der Waals surface area (Å²) in [7, 11) is 0. The number of urea groups is 2. The lowest BCUT2D eigenvalue weighted by molar-refractivity contribution is -0.143. The second-order valence-electron chi connectivity index (χ2n) is 8.04. The number of carboxylic acid groups (broad SMARTS) is 1. The minimum atomic E-state index is -1.27. The number of halogens is 1. The Balaban J connectivity index is 1.65. The molecule has 0 saturated carbocycles. The smallest absolute Gasteiger partial charge is 0.344 e. The molecule has 1 aromatic rings. The van der Waals surface area contributed by atoms with E-state index in [2.05, 4.69) is 32.0 Å². The number of nitrogens with zero attached hydrogens (tertiary/aromatic N) is 1. The van der Waals surface area contributed by atoms with E-state index < -0.39 is 40.8 Å². The molecule has 0 aromatic heterocycles. The zero-order valence-corrected chi connectivity index (χ0v) is 18.6. The molecule has 3 unspecified atom stereocenters. The molecule has 9 nitrogen and oxygen atoms in total. The van der Waals surface area contributed by atoms with Crippen LogP contribution in [0.2, 0.25) is 0 Å². The quantitative estimate of drug-likeness (QED) is 0.454. The van der Waals surface area contributed by atoms with Crippen LogP contribution in [-0.2, 0) is 9.59 Å². The van der Waals surface area contributed by atoms with Gasteiger partial charge in [0.25, 0.3) is 5.91 Å². The summed E-state index contributed by atoms with van der Waals surface area (Å²) in [5, 5.41) is 15.3. The summed E-state index contributed by atoms with van der Waals surface area (Å²) in [5.41, 5.74) is 0.760. The van der Waals surface area contributed by atoms with Crippen LogP contribution < -0.4 is 16.1 Å². The van der Waals surface area contributed by atoms with Crippen molar-refractivity contribution in [3.8, 4) is 0 Å². The molecule has 0 radical (unpaired) electrons. The topological polar surface area (TPSA) is 128 Å². The second-order valence-corrected chi connectivity index (χ2v) is 8.96. The fourth-order valence-corrected chi connectivity index (χ4v) is 3.91. The number of benzene rings is 1. The number of amides is 5. The van der Waals surface area contributed by atoms with Crippen LogP contribution in [0.15, 0.2) is 53.0 Å². The molecule has 164 valence electrons. The maximum atomic E-state index is 12.9. The Labute approximate surface area is 187 Å². The monoisotopic (exact) mass is 490 g/mol. The standard InChI is InChI=1S/C21H23BrN4O5/c1-20(10-4-3-5-15(20)16(27)28)11-12-21(2)17(29)26(19(31)24-21)25-18(30)23-14-8-6-13(22)7-9-14/h3-10,15H,11-12H2,1-2H3,(H,24,31)(H,27,28)(H2,23,25,30). The van der Waals surface area contributed by atoms with Gasteiger partial charge in [-0.05, 0) is 44.0 Å². The first-order valence-electron chi connectivity index (χ1n) is 9.63. The summed E-state index contributed by atoms with van der Waals surface area (Å²) in [6.07, 6.45) is 7.41. The lowest BCUT2D eigenvalue weighted by Gasteiger charge is -2.35. The van der Waals surface area contributed by atoms with Crippen molar-refractivity contribution < 1.29 is 24.3 Å². The second kappa shape index (κ2) is 8.54. The molecule has 1 saturated heterocycles. The first kappa shape index (κ1) is 22.5. The number of hydrogen-bond acceptors (Lipinski definition) is 4. The maximum Gasteiger partial charge on any atom is 0.344 e. The van der Waals surface area contributed by atoms with Gasteiger partial charge in [0.05, 0.1) is 5.92 Å². The van der Waals surface area contributed by atoms with Crippen LogP contribution in [0.4, 0.5) is 15.3 Å². The van der Waals surface area contributed by atoms with Gasteiger partial charge in [0, 0.05) is 15.6 Å². The number of carbonyl (C=O) groups is 4. The van der Waals surface area contributed by atoms with E-state index in [1.165, 1.54) is 0 Å². The number of hydrogen-bond donors (Lipinski definition) is 4. The zero-order chi connectivity index (χ0) is 22.8. The predicted molar refractivity (Wildman–Crippen MR) is 117 cm³/mol. The number of allylic oxidation sites excluding steroid dienone is 3. The summed E-state index contributed by atoms with van der Waals surface area (Å²) < 4.78 is 0.838. The van der Waals surface area contributed by atoms with Crippen molar-refractivity contribution in [1.82, 2.24) is 15.8 Å². The Morgan fingerprint density at radius 3 is 2.48 bits per heavy atom. The SMILES string of the molecule is CC1(CCC2(C)C=CC=CC2C(=O)O)NC(=O)N(NC(=O)Nc2ccc(Br)cc2)C1=O. The summed E-state index contributed by atoms with van der Waals surface area (Å²) in [4.78, 5) is 49.1. The average molecular weight is 491 g/mol. The van der Waals surface area contributed by atoms with E-state index in [0.29, 0.717) is 17.1 Å². The minimum Gasteiger partial charge on any atom is -0.481 e. The van der Waals surface area contributed by atoms with Crippen molar-refractivity contribution in [2.75, 3.05) is 5.32 Å². The predicted octanol–water partition coefficient (Wildman–Crippen LogP) is 3.41. The summed E-state index contributed by atoms with van der Waals surface area (Å²) in [6, 6.07) is 5.29. The first-order valence-corrected chi connectivity index (χ1v) is 10.4. The Kier molecular flexibility index (Phi) is 6.21. The van der Waals surface area contributed by atoms with Crippen molar-refractivity contribution in [1.29, 1.82) is 0 Å². The molecule has 3 atom stereocenters. The molecule has 1 aliphatic heterocycles. The van der Waals surface area contributed by atoms with E-state index in [9.17, 15) is 24.3 Å². The molecule has 10 heteroatoms. The summed E-state index contributed by atoms with van der Waals surface area (Å²) >= 11 is 3.29. The average Bonchev–Trinajstić information content (AvgIpc) is 2.92. The van der Waals surface area contributed by atoms with Crippen LogP contribution in [0, 0.1) is 11.3 Å². The zero-order valence-electron chi connectivity index (χ0n) is 17.0. The number of rotatable bonds is 6. The van der Waals surface area contributed by atoms with Gasteiger partial charge in [0.15, 0.2) is 0 Å². The van der Waals surface area contributed by atoms with E-state index in [-0.39, 0.29) is 6.42 Å². The van der Waals surface area contributed by atoms with Gasteiger partial charge in [0.1, 0.15) is 5.54 Å². The molecule has 31 heavy (non-hydrogen) atoms. The van der Waals surface area contributed by atoms with Crippen LogP contribution in [0.1, 0.15) is 26.7 Å². The van der Waals surface area contributed by atoms with Gasteiger partial charge in [-0.2, -0.15) is 5.01 Å². The van der Waals surface area contributed by atoms with Gasteiger partial charge in [-0.3, -0.25) is 9.59 Å². The summed E-state index contributed by atoms with van der Waals surface area (Å²) in [6.45, 7) is 3.36. The molecule has 1 aromatic carbocycles. The Morgan fingerprint density at radius 1 is 1.16 bits per heavy atom. The summed E-state index contributed by atoms with van der Waals surface area (Å²) in [5.74, 6) is -2.31. The van der Waals surface area contributed by atoms with Crippen molar-refractivity contribution >= 4 is 45.6 Å². The van der Waals surface area contributed by atoms with Crippen LogP contribution >= 0.6 is 15.9 Å². The third-order valence-electron chi connectivity index (χ3n) is 5.61. The van der Waals surface area contributed by atoms with E-state index in [1.54, 1.807) is 62.4 Å². The van der Waals surface area contributed by atoms with Crippen molar-refractivity contribution in [3.05, 3.63) is 53.0 Å². The first-order chi connectivity index (χ1) is 14.5. The minimum absolute atomic E-state index is 0.197. The number of imide groups is 1. The fourth-order valence-electron chi connectivity index (χ4n) is 3.65. The molecule has 4 N–H and O–H groups in total. The lowest BCUT2D eigenvalue weighted by Crippen LogP contribution is -2.50. The lowest BCUT2D eigenvalue weighted by atomic mass is 9.69. The van der Waals surface area contributed by atoms with Gasteiger partial charge in [-0.1, -0.05) is 47.2 Å². The molecule has 5 amide bonds. The molecular weight excluding hydrogens is 468 g/mol. The third kappa shape index (κ3) is 4.79. The van der Waals surface area contributed by atoms with E-state index in [4.69, 9.17) is 0 Å². The van der Waals surface area contributed by atoms with Gasteiger partial charge >= 0.3 is 18.0 Å². The molecular formula is C21H23BrN4O5. The molecule has 1 fully saturated rings. The highest BCUT2D eigenvalue weighted by atomic mass is 79.9. The number of aliphatic carboxylic acids is 1. The van der Waals surface area contributed by atoms with Gasteiger partial charge in [-0.25, -0.2) is 15.0 Å². The van der Waals surface area contributed by atoms with Gasteiger partial charge in [-0.15, -0.1) is 0 Å². The van der Waals surface area contributed by atoms with Crippen molar-refractivity contribution in [2.45, 2.75) is 32.2 Å². The highest BCUT2D eigenvalue weighted by Crippen LogP contribution is 2.40. The molecule has 1 aliphatic carbocycles. The van der Waals surface area contributed by atoms with Gasteiger partial charge in [0.2, 0.25) is 0 Å². The number of anilines is 1. The normalized spacial score (nSPS) is 27.2. The molecule has 2 aliphatic rings. The van der Waals surface area contributed by atoms with Crippen LogP contribution in [0.25, 0.3) is 0 Å². The third-order valence-corrected chi connectivity index (χ3v) is 6.14. The highest BCUT2D eigenvalue weighted by Gasteiger charge is 2.50.